The number of hydrogen-bond acceptors (Lipinski definition) is 4. The van der Waals surface area contributed by atoms with Gasteiger partial charge in [0, 0.05) is 25.6 Å². The Morgan fingerprint density at radius 1 is 1.15 bits per heavy atom. The van der Waals surface area contributed by atoms with Crippen LogP contribution in [-0.4, -0.2) is 29.6 Å². The van der Waals surface area contributed by atoms with E-state index in [1.165, 1.54) is 47.8 Å². The van der Waals surface area contributed by atoms with Gasteiger partial charge in [-0.25, -0.2) is 4.98 Å². The molecule has 1 saturated heterocycles. The first-order chi connectivity index (χ1) is 9.79. The Morgan fingerprint density at radius 3 is 2.45 bits per heavy atom. The number of aromatic nitrogens is 2. The molecule has 1 aromatic rings. The Hall–Kier alpha value is -0.590. The number of halogens is 1. The lowest BCUT2D eigenvalue weighted by molar-refractivity contribution is 0.726. The molecule has 0 bridgehead atoms. The topological polar surface area (TPSA) is 41.1 Å². The van der Waals surface area contributed by atoms with Crippen LogP contribution in [0.2, 0.25) is 0 Å². The molecule has 0 atom stereocenters. The van der Waals surface area contributed by atoms with Gasteiger partial charge in [0.15, 0.2) is 0 Å². The summed E-state index contributed by atoms with van der Waals surface area (Å²) in [4.78, 5) is 12.1. The fourth-order valence-electron chi connectivity index (χ4n) is 2.78. The molecule has 2 heterocycles. The van der Waals surface area contributed by atoms with Crippen LogP contribution in [0.3, 0.4) is 0 Å². The molecule has 1 aliphatic heterocycles. The quantitative estimate of drug-likeness (QED) is 0.800. The molecule has 0 unspecified atom stereocenters. The third-order valence-corrected chi connectivity index (χ3v) is 5.13. The first-order valence-electron chi connectivity index (χ1n) is 7.86. The van der Waals surface area contributed by atoms with Gasteiger partial charge in [0.25, 0.3) is 0 Å². The minimum absolute atomic E-state index is 0.674. The van der Waals surface area contributed by atoms with Crippen molar-refractivity contribution in [2.45, 2.75) is 51.4 Å². The lowest BCUT2D eigenvalue weighted by Crippen LogP contribution is -2.27. The van der Waals surface area contributed by atoms with Crippen LogP contribution < -0.4 is 10.2 Å². The van der Waals surface area contributed by atoms with Crippen molar-refractivity contribution < 1.29 is 0 Å². The summed E-state index contributed by atoms with van der Waals surface area (Å²) < 4.78 is 1.23. The molecule has 1 N–H and O–H groups in total. The second-order valence-corrected chi connectivity index (χ2v) is 6.86. The van der Waals surface area contributed by atoms with E-state index in [1.807, 2.05) is 0 Å². The van der Waals surface area contributed by atoms with Gasteiger partial charge in [-0.05, 0) is 55.2 Å². The zero-order valence-electron chi connectivity index (χ0n) is 12.2. The fraction of sp³-hybridized carbons (Fsp3) is 0.733. The number of nitrogens with one attached hydrogen (secondary N) is 1. The molecule has 1 aromatic heterocycles. The van der Waals surface area contributed by atoms with E-state index < -0.39 is 0 Å². The third-order valence-electron chi connectivity index (χ3n) is 4.06. The lowest BCUT2D eigenvalue weighted by atomic mass is 10.2. The highest BCUT2D eigenvalue weighted by Gasteiger charge is 2.30. The van der Waals surface area contributed by atoms with Crippen molar-refractivity contribution in [1.29, 1.82) is 0 Å². The molecule has 1 aliphatic carbocycles. The van der Waals surface area contributed by atoms with Gasteiger partial charge in [-0.3, -0.25) is 0 Å². The first kappa shape index (κ1) is 14.4. The predicted molar refractivity (Wildman–Crippen MR) is 91.6 cm³/mol. The summed E-state index contributed by atoms with van der Waals surface area (Å²) >= 11 is 2.41. The molecular weight excluding hydrogens is 363 g/mol. The largest absolute Gasteiger partial charge is 0.369 e. The molecule has 2 fully saturated rings. The summed E-state index contributed by atoms with van der Waals surface area (Å²) in [5.41, 5.74) is 1.27. The van der Waals surface area contributed by atoms with E-state index >= 15 is 0 Å². The number of hydrogen-bond donors (Lipinski definition) is 1. The van der Waals surface area contributed by atoms with Gasteiger partial charge in [0.05, 0.1) is 9.26 Å². The average Bonchev–Trinajstić information content (AvgIpc) is 3.27. The molecule has 4 nitrogen and oxygen atoms in total. The molecule has 0 amide bonds. The molecule has 1 saturated carbocycles. The Labute approximate surface area is 134 Å². The van der Waals surface area contributed by atoms with Gasteiger partial charge >= 0.3 is 0 Å². The fourth-order valence-corrected chi connectivity index (χ4v) is 3.65. The van der Waals surface area contributed by atoms with Crippen molar-refractivity contribution in [3.63, 3.8) is 0 Å². The molecule has 5 heteroatoms. The zero-order valence-corrected chi connectivity index (χ0v) is 14.3. The van der Waals surface area contributed by atoms with E-state index in [2.05, 4.69) is 39.7 Å². The Bertz CT molecular complexity index is 465. The molecular formula is C15H23IN4. The number of anilines is 2. The maximum atomic E-state index is 4.91. The summed E-state index contributed by atoms with van der Waals surface area (Å²) in [6, 6.07) is 0. The van der Waals surface area contributed by atoms with Crippen LogP contribution in [-0.2, 0) is 0 Å². The third kappa shape index (κ3) is 3.18. The van der Waals surface area contributed by atoms with Gasteiger partial charge in [-0.15, -0.1) is 0 Å². The van der Waals surface area contributed by atoms with Crippen LogP contribution >= 0.6 is 22.6 Å². The summed E-state index contributed by atoms with van der Waals surface area (Å²) in [6.45, 7) is 5.25. The number of nitrogens with zero attached hydrogens (tertiary/aromatic N) is 3. The lowest BCUT2D eigenvalue weighted by Gasteiger charge is -2.22. The van der Waals surface area contributed by atoms with Crippen LogP contribution in [0.4, 0.5) is 11.8 Å². The van der Waals surface area contributed by atoms with Gasteiger partial charge in [-0.1, -0.05) is 12.8 Å². The van der Waals surface area contributed by atoms with Crippen molar-refractivity contribution in [3.05, 3.63) is 9.26 Å². The van der Waals surface area contributed by atoms with Crippen molar-refractivity contribution in [3.8, 4) is 0 Å². The highest BCUT2D eigenvalue weighted by molar-refractivity contribution is 14.1. The molecule has 20 heavy (non-hydrogen) atoms. The highest BCUT2D eigenvalue weighted by Crippen LogP contribution is 2.43. The first-order valence-corrected chi connectivity index (χ1v) is 8.93. The predicted octanol–water partition coefficient (Wildman–Crippen LogP) is 3.77. The summed E-state index contributed by atoms with van der Waals surface area (Å²) in [5, 5.41) is 3.41. The van der Waals surface area contributed by atoms with E-state index in [0.717, 1.165) is 31.4 Å². The summed E-state index contributed by atoms with van der Waals surface area (Å²) in [6.07, 6.45) is 7.80. The average molecular weight is 386 g/mol. The maximum Gasteiger partial charge on any atom is 0.227 e. The summed E-state index contributed by atoms with van der Waals surface area (Å²) in [5.74, 6) is 2.66. The monoisotopic (exact) mass is 386 g/mol. The van der Waals surface area contributed by atoms with Gasteiger partial charge in [0.1, 0.15) is 5.82 Å². The van der Waals surface area contributed by atoms with Crippen LogP contribution in [0.15, 0.2) is 0 Å². The highest BCUT2D eigenvalue weighted by atomic mass is 127. The van der Waals surface area contributed by atoms with Crippen LogP contribution in [0.1, 0.15) is 57.1 Å². The van der Waals surface area contributed by atoms with Gasteiger partial charge < -0.3 is 10.2 Å². The van der Waals surface area contributed by atoms with Gasteiger partial charge in [-0.2, -0.15) is 4.98 Å². The van der Waals surface area contributed by atoms with Crippen LogP contribution in [0.5, 0.6) is 0 Å². The van der Waals surface area contributed by atoms with E-state index in [1.54, 1.807) is 0 Å². The molecule has 2 aliphatic rings. The Morgan fingerprint density at radius 2 is 1.85 bits per heavy atom. The Kier molecular flexibility index (Phi) is 4.63. The normalized spacial score (nSPS) is 19.8. The van der Waals surface area contributed by atoms with Crippen LogP contribution in [0, 0.1) is 3.57 Å². The second-order valence-electron chi connectivity index (χ2n) is 5.78. The standard InChI is InChI=1S/C15H23IN4/c1-2-17-14-12(16)13(11-7-8-11)18-15(19-14)20-9-5-3-4-6-10-20/h11H,2-10H2,1H3,(H,17,18,19). The molecule has 0 spiro atoms. The van der Waals surface area contributed by atoms with Gasteiger partial charge in [0.2, 0.25) is 5.95 Å². The van der Waals surface area contributed by atoms with E-state index in [9.17, 15) is 0 Å². The minimum Gasteiger partial charge on any atom is -0.369 e. The number of rotatable bonds is 4. The SMILES string of the molecule is CCNc1nc(N2CCCCCC2)nc(C2CC2)c1I. The molecule has 0 aromatic carbocycles. The van der Waals surface area contributed by atoms with E-state index in [4.69, 9.17) is 9.97 Å². The van der Waals surface area contributed by atoms with Crippen molar-refractivity contribution in [2.24, 2.45) is 0 Å². The Balaban J connectivity index is 1.92. The smallest absolute Gasteiger partial charge is 0.227 e. The zero-order chi connectivity index (χ0) is 13.9. The molecule has 3 rings (SSSR count). The second kappa shape index (κ2) is 6.45. The maximum absolute atomic E-state index is 4.91. The molecule has 0 radical (unpaired) electrons. The van der Waals surface area contributed by atoms with E-state index in [0.29, 0.717) is 5.92 Å². The summed E-state index contributed by atoms with van der Waals surface area (Å²) in [7, 11) is 0. The van der Waals surface area contributed by atoms with Crippen LogP contribution in [0.25, 0.3) is 0 Å². The van der Waals surface area contributed by atoms with Crippen molar-refractivity contribution >= 4 is 34.4 Å². The minimum atomic E-state index is 0.674. The molecule has 110 valence electrons. The van der Waals surface area contributed by atoms with E-state index in [-0.39, 0.29) is 0 Å². The van der Waals surface area contributed by atoms with Crippen molar-refractivity contribution in [2.75, 3.05) is 29.9 Å². The van der Waals surface area contributed by atoms with Crippen molar-refractivity contribution in [1.82, 2.24) is 9.97 Å².